The number of hydrogen-bond acceptors (Lipinski definition) is 7. The van der Waals surface area contributed by atoms with E-state index in [1.54, 1.807) is 24.3 Å². The third kappa shape index (κ3) is 4.33. The van der Waals surface area contributed by atoms with Gasteiger partial charge in [0.15, 0.2) is 5.13 Å². The number of Topliss-reactive ketones (excluding diaryl/α,β-unsaturated/α-hetero) is 1. The molecule has 1 aromatic heterocycles. The molecule has 9 heteroatoms. The Hall–Kier alpha value is -3.44. The standard InChI is InChI=1S/C27H21IN2O5S/c1-3-35-19-11-12-20-21(14-19)36-27(29-20)30-23(15-7-9-17(28)10-8-15)22(25(32)26(30)33)24(31)16-5-4-6-18(13-16)34-2/h4-14,23,31H,3H2,1-2H3/b24-22+. The van der Waals surface area contributed by atoms with Crippen LogP contribution < -0.4 is 14.4 Å². The number of fused-ring (bicyclic) bond motifs is 1. The van der Waals surface area contributed by atoms with Gasteiger partial charge in [-0.05, 0) is 77.5 Å². The Morgan fingerprint density at radius 1 is 1.08 bits per heavy atom. The van der Waals surface area contributed by atoms with Gasteiger partial charge in [0.25, 0.3) is 5.78 Å². The van der Waals surface area contributed by atoms with E-state index in [9.17, 15) is 14.7 Å². The van der Waals surface area contributed by atoms with Gasteiger partial charge in [0.2, 0.25) is 0 Å². The number of aliphatic hydroxyl groups excluding tert-OH is 1. The van der Waals surface area contributed by atoms with Gasteiger partial charge in [-0.2, -0.15) is 0 Å². The van der Waals surface area contributed by atoms with E-state index < -0.39 is 17.7 Å². The van der Waals surface area contributed by atoms with Gasteiger partial charge in [0, 0.05) is 9.13 Å². The first-order valence-electron chi connectivity index (χ1n) is 11.2. The van der Waals surface area contributed by atoms with Crippen LogP contribution in [0.1, 0.15) is 24.1 Å². The number of rotatable bonds is 6. The first-order valence-corrected chi connectivity index (χ1v) is 13.0. The molecule has 182 valence electrons. The number of anilines is 1. The number of methoxy groups -OCH3 is 1. The smallest absolute Gasteiger partial charge is 0.301 e. The molecule has 3 aromatic carbocycles. The zero-order chi connectivity index (χ0) is 25.4. The summed E-state index contributed by atoms with van der Waals surface area (Å²) in [7, 11) is 1.52. The molecule has 7 nitrogen and oxygen atoms in total. The molecule has 1 fully saturated rings. The first-order chi connectivity index (χ1) is 17.4. The SMILES string of the molecule is CCOc1ccc2nc(N3C(=O)C(=O)/C(=C(/O)c4cccc(OC)c4)C3c3ccc(I)cc3)sc2c1. The van der Waals surface area contributed by atoms with Crippen LogP contribution in [0.4, 0.5) is 5.13 Å². The van der Waals surface area contributed by atoms with E-state index in [1.807, 2.05) is 49.4 Å². The lowest BCUT2D eigenvalue weighted by atomic mass is 9.95. The lowest BCUT2D eigenvalue weighted by molar-refractivity contribution is -0.132. The van der Waals surface area contributed by atoms with Crippen molar-refractivity contribution in [1.82, 2.24) is 4.98 Å². The molecule has 36 heavy (non-hydrogen) atoms. The van der Waals surface area contributed by atoms with Gasteiger partial charge in [-0.3, -0.25) is 14.5 Å². The van der Waals surface area contributed by atoms with Crippen molar-refractivity contribution in [3.8, 4) is 11.5 Å². The summed E-state index contributed by atoms with van der Waals surface area (Å²) < 4.78 is 12.7. The second kappa shape index (κ2) is 9.90. The molecule has 1 saturated heterocycles. The normalized spacial score (nSPS) is 17.1. The number of ether oxygens (including phenoxy) is 2. The largest absolute Gasteiger partial charge is 0.507 e. The molecule has 4 aromatic rings. The number of nitrogens with zero attached hydrogens (tertiary/aromatic N) is 2. The van der Waals surface area contributed by atoms with Crippen LogP contribution in [0, 0.1) is 3.57 Å². The van der Waals surface area contributed by atoms with E-state index in [2.05, 4.69) is 27.6 Å². The molecule has 0 saturated carbocycles. The molecule has 0 aliphatic carbocycles. The van der Waals surface area contributed by atoms with Crippen molar-refractivity contribution in [2.24, 2.45) is 0 Å². The van der Waals surface area contributed by atoms with Crippen molar-refractivity contribution < 1.29 is 24.2 Å². The van der Waals surface area contributed by atoms with Crippen LogP contribution >= 0.6 is 33.9 Å². The molecule has 2 heterocycles. The van der Waals surface area contributed by atoms with Crippen molar-refractivity contribution in [3.05, 3.63) is 87.0 Å². The van der Waals surface area contributed by atoms with Crippen molar-refractivity contribution in [3.63, 3.8) is 0 Å². The highest BCUT2D eigenvalue weighted by molar-refractivity contribution is 14.1. The lowest BCUT2D eigenvalue weighted by Gasteiger charge is -2.23. The van der Waals surface area contributed by atoms with E-state index in [4.69, 9.17) is 9.47 Å². The van der Waals surface area contributed by atoms with Crippen LogP contribution in [0.25, 0.3) is 16.0 Å². The second-order valence-corrected chi connectivity index (χ2v) is 10.3. The Bertz CT molecular complexity index is 1510. The number of thiazole rings is 1. The first kappa shape index (κ1) is 24.3. The third-order valence-corrected chi connectivity index (χ3v) is 7.58. The van der Waals surface area contributed by atoms with E-state index in [0.717, 1.165) is 8.27 Å². The van der Waals surface area contributed by atoms with Gasteiger partial charge >= 0.3 is 5.91 Å². The fourth-order valence-corrected chi connectivity index (χ4v) is 5.55. The summed E-state index contributed by atoms with van der Waals surface area (Å²) >= 11 is 3.49. The summed E-state index contributed by atoms with van der Waals surface area (Å²) in [4.78, 5) is 32.8. The summed E-state index contributed by atoms with van der Waals surface area (Å²) in [5, 5.41) is 11.7. The molecule has 1 aliphatic rings. The van der Waals surface area contributed by atoms with Crippen LogP contribution in [-0.2, 0) is 9.59 Å². The number of ketones is 1. The predicted octanol–water partition coefficient (Wildman–Crippen LogP) is 5.93. The summed E-state index contributed by atoms with van der Waals surface area (Å²) in [6, 6.07) is 18.9. The van der Waals surface area contributed by atoms with Gasteiger partial charge in [0.05, 0.1) is 35.5 Å². The van der Waals surface area contributed by atoms with Crippen LogP contribution in [-0.4, -0.2) is 35.5 Å². The summed E-state index contributed by atoms with van der Waals surface area (Å²) in [5.74, 6) is -0.553. The van der Waals surface area contributed by atoms with E-state index in [0.29, 0.717) is 39.9 Å². The lowest BCUT2D eigenvalue weighted by Crippen LogP contribution is -2.29. The second-order valence-electron chi connectivity index (χ2n) is 8.01. The van der Waals surface area contributed by atoms with Crippen molar-refractivity contribution in [2.45, 2.75) is 13.0 Å². The Balaban J connectivity index is 1.69. The minimum Gasteiger partial charge on any atom is -0.507 e. The van der Waals surface area contributed by atoms with Crippen LogP contribution in [0.15, 0.2) is 72.3 Å². The molecule has 0 spiro atoms. The zero-order valence-electron chi connectivity index (χ0n) is 19.4. The van der Waals surface area contributed by atoms with Crippen LogP contribution in [0.5, 0.6) is 11.5 Å². The van der Waals surface area contributed by atoms with E-state index in [1.165, 1.54) is 23.3 Å². The maximum atomic E-state index is 13.4. The monoisotopic (exact) mass is 612 g/mol. The Kier molecular flexibility index (Phi) is 6.67. The predicted molar refractivity (Wildman–Crippen MR) is 148 cm³/mol. The van der Waals surface area contributed by atoms with Crippen molar-refractivity contribution in [2.75, 3.05) is 18.6 Å². The number of benzene rings is 3. The maximum Gasteiger partial charge on any atom is 0.301 e. The third-order valence-electron chi connectivity index (χ3n) is 5.84. The van der Waals surface area contributed by atoms with Crippen LogP contribution in [0.2, 0.25) is 0 Å². The zero-order valence-corrected chi connectivity index (χ0v) is 22.4. The molecule has 1 amide bonds. The Morgan fingerprint density at radius 3 is 2.58 bits per heavy atom. The van der Waals surface area contributed by atoms with Crippen LogP contribution in [0.3, 0.4) is 0 Å². The average Bonchev–Trinajstić information content (AvgIpc) is 3.42. The number of aliphatic hydroxyl groups is 1. The van der Waals surface area contributed by atoms with Gasteiger partial charge in [-0.1, -0.05) is 35.6 Å². The molecule has 0 radical (unpaired) electrons. The topological polar surface area (TPSA) is 89.0 Å². The van der Waals surface area contributed by atoms with E-state index >= 15 is 0 Å². The van der Waals surface area contributed by atoms with Gasteiger partial charge in [0.1, 0.15) is 17.3 Å². The van der Waals surface area contributed by atoms with Gasteiger partial charge in [-0.25, -0.2) is 4.98 Å². The molecular formula is C27H21IN2O5S. The van der Waals surface area contributed by atoms with Gasteiger partial charge in [-0.15, -0.1) is 0 Å². The number of hydrogen-bond donors (Lipinski definition) is 1. The summed E-state index contributed by atoms with van der Waals surface area (Å²) in [6.07, 6.45) is 0. The van der Waals surface area contributed by atoms with E-state index in [-0.39, 0.29) is 11.3 Å². The fourth-order valence-electron chi connectivity index (χ4n) is 4.17. The number of halogens is 1. The van der Waals surface area contributed by atoms with Crippen molar-refractivity contribution >= 4 is 66.7 Å². The molecule has 0 bridgehead atoms. The highest BCUT2D eigenvalue weighted by atomic mass is 127. The number of carbonyl (C=O) groups is 2. The summed E-state index contributed by atoms with van der Waals surface area (Å²) in [5.41, 5.74) is 1.76. The molecule has 1 N–H and O–H groups in total. The minimum atomic E-state index is -0.847. The number of aromatic nitrogens is 1. The Labute approximate surface area is 225 Å². The molecule has 1 atom stereocenters. The number of amides is 1. The molecular weight excluding hydrogens is 591 g/mol. The Morgan fingerprint density at radius 2 is 1.86 bits per heavy atom. The highest BCUT2D eigenvalue weighted by Crippen LogP contribution is 2.44. The molecule has 1 unspecified atom stereocenters. The number of carbonyl (C=O) groups excluding carboxylic acids is 2. The van der Waals surface area contributed by atoms with Gasteiger partial charge < -0.3 is 14.6 Å². The minimum absolute atomic E-state index is 0.00345. The van der Waals surface area contributed by atoms with Crippen molar-refractivity contribution in [1.29, 1.82) is 0 Å². The fraction of sp³-hybridized carbons (Fsp3) is 0.148. The average molecular weight is 612 g/mol. The molecule has 1 aliphatic heterocycles. The summed E-state index contributed by atoms with van der Waals surface area (Å²) in [6.45, 7) is 2.44. The quantitative estimate of drug-likeness (QED) is 0.126. The maximum absolute atomic E-state index is 13.4. The molecule has 5 rings (SSSR count). The highest BCUT2D eigenvalue weighted by Gasteiger charge is 2.48.